The molecular weight excluding hydrogens is 562 g/mol. The van der Waals surface area contributed by atoms with E-state index in [4.69, 9.17) is 32.7 Å². The number of aliphatic imine (C=N–C) groups is 1. The summed E-state index contributed by atoms with van der Waals surface area (Å²) in [5.41, 5.74) is -0.145. The fourth-order valence-electron chi connectivity index (χ4n) is 4.71. The summed E-state index contributed by atoms with van der Waals surface area (Å²) in [6.07, 6.45) is 5.72. The van der Waals surface area contributed by atoms with E-state index in [1.807, 2.05) is 25.1 Å². The third kappa shape index (κ3) is 5.24. The Morgan fingerprint density at radius 2 is 2.02 bits per heavy atom. The summed E-state index contributed by atoms with van der Waals surface area (Å²) >= 11 is 12.0. The maximum Gasteiger partial charge on any atom is 0.354 e. The van der Waals surface area contributed by atoms with Crippen molar-refractivity contribution in [1.29, 1.82) is 0 Å². The average molecular weight is 589 g/mol. The molecule has 0 bridgehead atoms. The molecule has 13 heteroatoms. The lowest BCUT2D eigenvalue weighted by Gasteiger charge is -2.32. The molecule has 2 aliphatic heterocycles. The van der Waals surface area contributed by atoms with Crippen molar-refractivity contribution in [3.8, 4) is 17.2 Å². The fraction of sp³-hybridized carbons (Fsp3) is 0.333. The molecule has 0 unspecified atom stereocenters. The quantitative estimate of drug-likeness (QED) is 0.322. The first-order valence-electron chi connectivity index (χ1n) is 12.6. The Balaban J connectivity index is 1.50. The Morgan fingerprint density at radius 1 is 1.27 bits per heavy atom. The van der Waals surface area contributed by atoms with E-state index in [1.54, 1.807) is 17.0 Å². The number of nitrogens with zero attached hydrogens (tertiary/aromatic N) is 5. The fourth-order valence-corrected chi connectivity index (χ4v) is 5.01. The van der Waals surface area contributed by atoms with Crippen LogP contribution in [0.2, 0.25) is 10.0 Å². The van der Waals surface area contributed by atoms with E-state index in [9.17, 15) is 9.59 Å². The highest BCUT2D eigenvalue weighted by atomic mass is 35.5. The highest BCUT2D eigenvalue weighted by Gasteiger charge is 2.29. The van der Waals surface area contributed by atoms with Gasteiger partial charge in [0.15, 0.2) is 23.1 Å². The van der Waals surface area contributed by atoms with Crippen LogP contribution in [0, 0.1) is 5.82 Å². The van der Waals surface area contributed by atoms with Gasteiger partial charge in [-0.3, -0.25) is 4.79 Å². The molecule has 5 rings (SSSR count). The normalized spacial score (nSPS) is 15.2. The van der Waals surface area contributed by atoms with Crippen molar-refractivity contribution >= 4 is 57.9 Å². The first-order valence-corrected chi connectivity index (χ1v) is 13.3. The average Bonchev–Trinajstić information content (AvgIpc) is 2.94. The number of hydrogen-bond acceptors (Lipinski definition) is 8. The number of anilines is 1. The van der Waals surface area contributed by atoms with Crippen molar-refractivity contribution in [2.24, 2.45) is 4.99 Å². The van der Waals surface area contributed by atoms with Crippen LogP contribution >= 0.6 is 23.2 Å². The van der Waals surface area contributed by atoms with Gasteiger partial charge in [0.1, 0.15) is 11.6 Å². The van der Waals surface area contributed by atoms with E-state index >= 15 is 4.39 Å². The number of halogens is 3. The van der Waals surface area contributed by atoms with Crippen molar-refractivity contribution in [3.63, 3.8) is 0 Å². The summed E-state index contributed by atoms with van der Waals surface area (Å²) < 4.78 is 28.1. The second-order valence-electron chi connectivity index (χ2n) is 9.64. The van der Waals surface area contributed by atoms with Crippen molar-refractivity contribution in [1.82, 2.24) is 19.4 Å². The number of nitrogens with one attached hydrogen (secondary N) is 1. The van der Waals surface area contributed by atoms with Crippen LogP contribution in [0.15, 0.2) is 40.1 Å². The number of aromatic nitrogens is 2. The summed E-state index contributed by atoms with van der Waals surface area (Å²) in [5, 5.41) is 3.18. The Morgan fingerprint density at radius 3 is 2.73 bits per heavy atom. The third-order valence-electron chi connectivity index (χ3n) is 6.71. The number of hydrogen-bond donors (Lipinski definition) is 1. The Bertz CT molecular complexity index is 1600. The number of piperidine rings is 1. The molecule has 0 aliphatic carbocycles. The SMILES string of the molecule is COc1cc2c3c(n(-c4ccc(Cl)c(Cl)c4F)c(=O)nc3c1OC1CCN(C(=O)/C=C/CN(C)C)CC1)N=CN2. The molecule has 1 fully saturated rings. The lowest BCUT2D eigenvalue weighted by molar-refractivity contribution is -0.127. The minimum Gasteiger partial charge on any atom is -0.493 e. The topological polar surface area (TPSA) is 101 Å². The highest BCUT2D eigenvalue weighted by molar-refractivity contribution is 6.42. The van der Waals surface area contributed by atoms with Crippen LogP contribution in [-0.2, 0) is 4.79 Å². The second-order valence-corrected chi connectivity index (χ2v) is 10.4. The Hall–Kier alpha value is -3.67. The summed E-state index contributed by atoms with van der Waals surface area (Å²) in [7, 11) is 5.37. The molecule has 40 heavy (non-hydrogen) atoms. The molecule has 0 spiro atoms. The van der Waals surface area contributed by atoms with E-state index in [0.717, 1.165) is 4.57 Å². The number of carbonyl (C=O) groups excluding carboxylic acids is 1. The molecule has 3 aromatic rings. The molecule has 10 nitrogen and oxygen atoms in total. The molecule has 1 amide bonds. The van der Waals surface area contributed by atoms with Gasteiger partial charge in [0.05, 0.1) is 40.3 Å². The predicted molar refractivity (Wildman–Crippen MR) is 154 cm³/mol. The monoisotopic (exact) mass is 588 g/mol. The number of likely N-dealkylation sites (tertiary alicyclic amines) is 1. The smallest absolute Gasteiger partial charge is 0.354 e. The van der Waals surface area contributed by atoms with Crippen LogP contribution in [0.1, 0.15) is 12.8 Å². The van der Waals surface area contributed by atoms with Crippen LogP contribution in [0.3, 0.4) is 0 Å². The standard InChI is InChI=1S/C27H27Cl2FN6O4/c1-34(2)10-4-5-20(37)35-11-8-15(9-12-35)40-25-19(39-3)13-17-21-24(25)33-27(38)36(26(21)32-14-31-17)18-7-6-16(28)22(29)23(18)30/h4-7,13-15H,8-12H2,1-3H3,(H,31,32)/b5-4+. The van der Waals surface area contributed by atoms with Crippen LogP contribution in [0.4, 0.5) is 15.9 Å². The Labute approximate surface area is 239 Å². The van der Waals surface area contributed by atoms with Crippen molar-refractivity contribution < 1.29 is 18.7 Å². The lowest BCUT2D eigenvalue weighted by Crippen LogP contribution is -2.41. The third-order valence-corrected chi connectivity index (χ3v) is 7.49. The number of benzene rings is 2. The molecule has 2 aromatic carbocycles. The first-order chi connectivity index (χ1) is 19.2. The lowest BCUT2D eigenvalue weighted by atomic mass is 10.1. The number of amides is 1. The molecule has 1 saturated heterocycles. The number of methoxy groups -OCH3 is 1. The molecular formula is C27H27Cl2FN6O4. The zero-order valence-corrected chi connectivity index (χ0v) is 23.6. The van der Waals surface area contributed by atoms with E-state index < -0.39 is 11.5 Å². The van der Waals surface area contributed by atoms with E-state index in [0.29, 0.717) is 49.3 Å². The van der Waals surface area contributed by atoms with Gasteiger partial charge in [-0.05, 0) is 26.2 Å². The van der Waals surface area contributed by atoms with Crippen LogP contribution < -0.4 is 20.5 Å². The number of rotatable bonds is 7. The summed E-state index contributed by atoms with van der Waals surface area (Å²) in [4.78, 5) is 38.3. The second kappa shape index (κ2) is 11.4. The zero-order chi connectivity index (χ0) is 28.6. The molecule has 210 valence electrons. The van der Waals surface area contributed by atoms with E-state index in [2.05, 4.69) is 15.3 Å². The molecule has 0 saturated carbocycles. The summed E-state index contributed by atoms with van der Waals surface area (Å²) in [6, 6.07) is 4.45. The molecule has 3 heterocycles. The highest BCUT2D eigenvalue weighted by Crippen LogP contribution is 2.45. The minimum absolute atomic E-state index is 0.0157. The van der Waals surface area contributed by atoms with Gasteiger partial charge in [-0.2, -0.15) is 4.98 Å². The van der Waals surface area contributed by atoms with E-state index in [1.165, 1.54) is 25.6 Å². The number of carbonyl (C=O) groups is 1. The number of ether oxygens (including phenoxy) is 2. The molecule has 2 aliphatic rings. The summed E-state index contributed by atoms with van der Waals surface area (Å²) in [5.74, 6) is -0.118. The zero-order valence-electron chi connectivity index (χ0n) is 22.1. The van der Waals surface area contributed by atoms with Gasteiger partial charge in [0.25, 0.3) is 0 Å². The predicted octanol–water partition coefficient (Wildman–Crippen LogP) is 4.41. The van der Waals surface area contributed by atoms with Crippen molar-refractivity contribution in [2.45, 2.75) is 18.9 Å². The molecule has 1 N–H and O–H groups in total. The van der Waals surface area contributed by atoms with Crippen molar-refractivity contribution in [2.75, 3.05) is 46.2 Å². The van der Waals surface area contributed by atoms with Crippen LogP contribution in [0.25, 0.3) is 16.6 Å². The van der Waals surface area contributed by atoms with Gasteiger partial charge in [-0.25, -0.2) is 18.7 Å². The molecule has 1 aromatic heterocycles. The van der Waals surface area contributed by atoms with E-state index in [-0.39, 0.29) is 44.8 Å². The van der Waals surface area contributed by atoms with Gasteiger partial charge >= 0.3 is 5.69 Å². The van der Waals surface area contributed by atoms with Gasteiger partial charge in [-0.1, -0.05) is 29.3 Å². The van der Waals surface area contributed by atoms with Crippen molar-refractivity contribution in [3.05, 3.63) is 56.7 Å². The summed E-state index contributed by atoms with van der Waals surface area (Å²) in [6.45, 7) is 1.71. The maximum atomic E-state index is 15.1. The largest absolute Gasteiger partial charge is 0.493 e. The first kappa shape index (κ1) is 27.9. The minimum atomic E-state index is -0.869. The van der Waals surface area contributed by atoms with Gasteiger partial charge in [-0.15, -0.1) is 0 Å². The van der Waals surface area contributed by atoms with Gasteiger partial charge in [0.2, 0.25) is 5.91 Å². The number of likely N-dealkylation sites (N-methyl/N-ethyl adjacent to an activating group) is 1. The van der Waals surface area contributed by atoms with Gasteiger partial charge < -0.3 is 24.6 Å². The van der Waals surface area contributed by atoms with Crippen LogP contribution in [0.5, 0.6) is 11.5 Å². The molecule has 0 radical (unpaired) electrons. The van der Waals surface area contributed by atoms with Crippen LogP contribution in [-0.4, -0.2) is 78.5 Å². The van der Waals surface area contributed by atoms with Gasteiger partial charge in [0, 0.05) is 44.6 Å². The molecule has 0 atom stereocenters. The maximum absolute atomic E-state index is 15.1. The Kier molecular flexibility index (Phi) is 7.97.